The Hall–Kier alpha value is -1.63. The highest BCUT2D eigenvalue weighted by Gasteiger charge is 2.16. The van der Waals surface area contributed by atoms with Crippen molar-refractivity contribution in [3.8, 4) is 0 Å². The third kappa shape index (κ3) is 3.66. The molecule has 0 aliphatic rings. The maximum absolute atomic E-state index is 11.2. The lowest BCUT2D eigenvalue weighted by atomic mass is 9.83. The van der Waals surface area contributed by atoms with E-state index in [-0.39, 0.29) is 5.41 Å². The van der Waals surface area contributed by atoms with Gasteiger partial charge in [-0.15, -0.1) is 0 Å². The van der Waals surface area contributed by atoms with Gasteiger partial charge in [-0.25, -0.2) is 0 Å². The summed E-state index contributed by atoms with van der Waals surface area (Å²) in [5, 5.41) is 0. The van der Waals surface area contributed by atoms with Crippen LogP contribution < -0.4 is 0 Å². The van der Waals surface area contributed by atoms with Gasteiger partial charge in [0, 0.05) is 5.56 Å². The van der Waals surface area contributed by atoms with Gasteiger partial charge < -0.3 is 0 Å². The summed E-state index contributed by atoms with van der Waals surface area (Å²) in [5.74, 6) is 0. The third-order valence-electron chi connectivity index (χ3n) is 3.41. The predicted molar refractivity (Wildman–Crippen MR) is 83.6 cm³/mol. The van der Waals surface area contributed by atoms with Crippen LogP contribution in [0.1, 0.15) is 63.0 Å². The van der Waals surface area contributed by atoms with Crippen molar-refractivity contribution in [3.63, 3.8) is 0 Å². The molecule has 0 aliphatic heterocycles. The lowest BCUT2D eigenvalue weighted by molar-refractivity contribution is 0.112. The molecule has 0 spiro atoms. The monoisotopic (exact) mass is 256 g/mol. The first kappa shape index (κ1) is 15.4. The smallest absolute Gasteiger partial charge is 0.150 e. The molecule has 0 N–H and O–H groups in total. The molecule has 1 rings (SSSR count). The maximum Gasteiger partial charge on any atom is 0.150 e. The Morgan fingerprint density at radius 3 is 2.11 bits per heavy atom. The summed E-state index contributed by atoms with van der Waals surface area (Å²) in [6.07, 6.45) is 5.13. The molecule has 0 saturated carbocycles. The normalized spacial score (nSPS) is 13.6. The largest absolute Gasteiger partial charge is 0.298 e. The van der Waals surface area contributed by atoms with E-state index in [1.54, 1.807) is 0 Å². The van der Waals surface area contributed by atoms with Crippen molar-refractivity contribution in [2.45, 2.75) is 47.0 Å². The number of benzene rings is 1. The van der Waals surface area contributed by atoms with E-state index < -0.39 is 0 Å². The zero-order valence-electron chi connectivity index (χ0n) is 12.9. The minimum absolute atomic E-state index is 0.0381. The standard InChI is InChI=1S/C18H24O/c1-7-13(3)17(8-2)15-9-14(12-19)10-16(11-15)18(4,5)6/h7-12H,1-6H3/b13-7-,17-8+. The topological polar surface area (TPSA) is 17.1 Å². The minimum atomic E-state index is 0.0381. The molecule has 0 amide bonds. The fraction of sp³-hybridized carbons (Fsp3) is 0.389. The van der Waals surface area contributed by atoms with Crippen LogP contribution in [0.5, 0.6) is 0 Å². The predicted octanol–water partition coefficient (Wildman–Crippen LogP) is 5.17. The van der Waals surface area contributed by atoms with Gasteiger partial charge in [0.2, 0.25) is 0 Å². The fourth-order valence-corrected chi connectivity index (χ4v) is 2.09. The lowest BCUT2D eigenvalue weighted by Crippen LogP contribution is -2.12. The van der Waals surface area contributed by atoms with Crippen LogP contribution in [0.4, 0.5) is 0 Å². The second kappa shape index (κ2) is 6.01. The van der Waals surface area contributed by atoms with Crippen LogP contribution in [0, 0.1) is 0 Å². The van der Waals surface area contributed by atoms with Crippen molar-refractivity contribution >= 4 is 11.9 Å². The van der Waals surface area contributed by atoms with Gasteiger partial charge >= 0.3 is 0 Å². The Morgan fingerprint density at radius 2 is 1.68 bits per heavy atom. The first-order valence-corrected chi connectivity index (χ1v) is 6.74. The van der Waals surface area contributed by atoms with Crippen molar-refractivity contribution in [2.75, 3.05) is 0 Å². The van der Waals surface area contributed by atoms with Gasteiger partial charge in [0.05, 0.1) is 0 Å². The summed E-state index contributed by atoms with van der Waals surface area (Å²) < 4.78 is 0. The van der Waals surface area contributed by atoms with E-state index in [9.17, 15) is 4.79 Å². The summed E-state index contributed by atoms with van der Waals surface area (Å²) in [5.41, 5.74) is 5.51. The van der Waals surface area contributed by atoms with Crippen LogP contribution in [0.3, 0.4) is 0 Å². The quantitative estimate of drug-likeness (QED) is 0.539. The second-order valence-corrected chi connectivity index (χ2v) is 5.89. The molecule has 0 radical (unpaired) electrons. The molecular formula is C18H24O. The summed E-state index contributed by atoms with van der Waals surface area (Å²) in [7, 11) is 0. The van der Waals surface area contributed by atoms with E-state index in [1.165, 1.54) is 16.7 Å². The molecule has 0 bridgehead atoms. The SMILES string of the molecule is C/C=C(C)\C(=C/C)c1cc(C=O)cc(C(C)(C)C)c1. The molecule has 0 unspecified atom stereocenters. The highest BCUT2D eigenvalue weighted by molar-refractivity contribution is 5.83. The van der Waals surface area contributed by atoms with Crippen LogP contribution in [0.2, 0.25) is 0 Å². The highest BCUT2D eigenvalue weighted by Crippen LogP contribution is 2.29. The van der Waals surface area contributed by atoms with Crippen LogP contribution in [0.25, 0.3) is 5.57 Å². The van der Waals surface area contributed by atoms with Crippen molar-refractivity contribution in [1.29, 1.82) is 0 Å². The van der Waals surface area contributed by atoms with Crippen LogP contribution >= 0.6 is 0 Å². The molecule has 1 heteroatoms. The number of aldehydes is 1. The molecule has 0 atom stereocenters. The molecule has 1 aromatic carbocycles. The molecule has 0 heterocycles. The number of rotatable bonds is 3. The number of hydrogen-bond donors (Lipinski definition) is 0. The molecule has 19 heavy (non-hydrogen) atoms. The van der Waals surface area contributed by atoms with E-state index in [4.69, 9.17) is 0 Å². The molecule has 0 aliphatic carbocycles. The van der Waals surface area contributed by atoms with E-state index >= 15 is 0 Å². The second-order valence-electron chi connectivity index (χ2n) is 5.89. The van der Waals surface area contributed by atoms with Crippen LogP contribution in [-0.4, -0.2) is 6.29 Å². The van der Waals surface area contributed by atoms with E-state index in [0.717, 1.165) is 17.4 Å². The fourth-order valence-electron chi connectivity index (χ4n) is 2.09. The van der Waals surface area contributed by atoms with Crippen LogP contribution in [-0.2, 0) is 5.41 Å². The summed E-state index contributed by atoms with van der Waals surface area (Å²) in [6.45, 7) is 12.7. The average molecular weight is 256 g/mol. The van der Waals surface area contributed by atoms with E-state index in [2.05, 4.69) is 45.9 Å². The molecular weight excluding hydrogens is 232 g/mol. The minimum Gasteiger partial charge on any atom is -0.298 e. The van der Waals surface area contributed by atoms with Gasteiger partial charge in [0.25, 0.3) is 0 Å². The number of carbonyl (C=O) groups is 1. The number of hydrogen-bond acceptors (Lipinski definition) is 1. The molecule has 1 aromatic rings. The summed E-state index contributed by atoms with van der Waals surface area (Å²) in [6, 6.07) is 6.13. The number of allylic oxidation sites excluding steroid dienone is 4. The Balaban J connectivity index is 3.48. The zero-order chi connectivity index (χ0) is 14.6. The first-order valence-electron chi connectivity index (χ1n) is 6.74. The number of carbonyl (C=O) groups excluding carboxylic acids is 1. The Bertz CT molecular complexity index is 525. The summed E-state index contributed by atoms with van der Waals surface area (Å²) >= 11 is 0. The van der Waals surface area contributed by atoms with Gasteiger partial charge in [-0.2, -0.15) is 0 Å². The van der Waals surface area contributed by atoms with E-state index in [0.29, 0.717) is 0 Å². The third-order valence-corrected chi connectivity index (χ3v) is 3.41. The molecule has 1 nitrogen and oxygen atoms in total. The van der Waals surface area contributed by atoms with Crippen molar-refractivity contribution in [3.05, 3.63) is 52.6 Å². The Morgan fingerprint density at radius 1 is 1.05 bits per heavy atom. The molecule has 0 fully saturated rings. The Kier molecular flexibility index (Phi) is 4.88. The van der Waals surface area contributed by atoms with Gasteiger partial charge in [-0.05, 0) is 60.6 Å². The van der Waals surface area contributed by atoms with Gasteiger partial charge in [-0.1, -0.05) is 39.0 Å². The molecule has 0 aromatic heterocycles. The molecule has 102 valence electrons. The van der Waals surface area contributed by atoms with E-state index in [1.807, 2.05) is 26.0 Å². The van der Waals surface area contributed by atoms with Crippen molar-refractivity contribution < 1.29 is 4.79 Å². The first-order chi connectivity index (χ1) is 8.83. The van der Waals surface area contributed by atoms with Crippen LogP contribution in [0.15, 0.2) is 35.9 Å². The maximum atomic E-state index is 11.2. The molecule has 0 saturated heterocycles. The highest BCUT2D eigenvalue weighted by atomic mass is 16.1. The zero-order valence-corrected chi connectivity index (χ0v) is 12.9. The average Bonchev–Trinajstić information content (AvgIpc) is 2.37. The van der Waals surface area contributed by atoms with Gasteiger partial charge in [0.1, 0.15) is 6.29 Å². The lowest BCUT2D eigenvalue weighted by Gasteiger charge is -2.21. The Labute approximate surface area is 117 Å². The summed E-state index contributed by atoms with van der Waals surface area (Å²) in [4.78, 5) is 11.2. The van der Waals surface area contributed by atoms with Gasteiger partial charge in [0.15, 0.2) is 0 Å². The van der Waals surface area contributed by atoms with Gasteiger partial charge in [-0.3, -0.25) is 4.79 Å². The van der Waals surface area contributed by atoms with Crippen molar-refractivity contribution in [1.82, 2.24) is 0 Å². The van der Waals surface area contributed by atoms with Crippen molar-refractivity contribution in [2.24, 2.45) is 0 Å².